The number of hydrogen-bond donors (Lipinski definition) is 1. The van der Waals surface area contributed by atoms with Crippen molar-refractivity contribution in [2.24, 2.45) is 0 Å². The van der Waals surface area contributed by atoms with Crippen molar-refractivity contribution in [3.63, 3.8) is 0 Å². The van der Waals surface area contributed by atoms with Crippen LogP contribution in [0.1, 0.15) is 53.7 Å². The Morgan fingerprint density at radius 3 is 2.19 bits per heavy atom. The molecule has 1 N–H and O–H groups in total. The molecule has 1 unspecified atom stereocenters. The number of hydrogen-bond acceptors (Lipinski definition) is 1. The lowest BCUT2D eigenvalue weighted by Crippen LogP contribution is -2.23. The van der Waals surface area contributed by atoms with Crippen molar-refractivity contribution in [1.82, 2.24) is 5.32 Å². The van der Waals surface area contributed by atoms with Crippen LogP contribution in [0.25, 0.3) is 0 Å². The standard InChI is InChI=1S/C19H24BrN/c1-12-9-14(3)19(10-13(12)2)16(5)21-15(4)17-7-6-8-18(20)11-17/h6-11,15-16,21H,1-5H3/t15-,16?/m1/s1. The Kier molecular flexibility index (Phi) is 5.23. The molecule has 2 heteroatoms. The molecule has 21 heavy (non-hydrogen) atoms. The van der Waals surface area contributed by atoms with Crippen LogP contribution in [0.5, 0.6) is 0 Å². The highest BCUT2D eigenvalue weighted by atomic mass is 79.9. The Labute approximate surface area is 136 Å². The third-order valence-corrected chi connectivity index (χ3v) is 4.69. The Morgan fingerprint density at radius 1 is 0.857 bits per heavy atom. The van der Waals surface area contributed by atoms with E-state index in [9.17, 15) is 0 Å². The van der Waals surface area contributed by atoms with E-state index in [0.29, 0.717) is 12.1 Å². The van der Waals surface area contributed by atoms with E-state index in [1.807, 2.05) is 0 Å². The first-order valence-electron chi connectivity index (χ1n) is 7.47. The van der Waals surface area contributed by atoms with Crippen molar-refractivity contribution in [3.05, 3.63) is 68.7 Å². The summed E-state index contributed by atoms with van der Waals surface area (Å²) in [5.74, 6) is 0. The number of rotatable bonds is 4. The van der Waals surface area contributed by atoms with Crippen molar-refractivity contribution in [3.8, 4) is 0 Å². The normalized spacial score (nSPS) is 14.0. The molecule has 0 radical (unpaired) electrons. The molecule has 0 aromatic heterocycles. The highest BCUT2D eigenvalue weighted by Crippen LogP contribution is 2.25. The Balaban J connectivity index is 2.18. The molecule has 0 saturated heterocycles. The number of aryl methyl sites for hydroxylation is 3. The monoisotopic (exact) mass is 345 g/mol. The number of nitrogens with one attached hydrogen (secondary N) is 1. The lowest BCUT2D eigenvalue weighted by molar-refractivity contribution is 0.493. The minimum Gasteiger partial charge on any atom is -0.304 e. The van der Waals surface area contributed by atoms with E-state index in [4.69, 9.17) is 0 Å². The zero-order chi connectivity index (χ0) is 15.6. The molecule has 0 spiro atoms. The number of halogens is 1. The SMILES string of the molecule is Cc1cc(C)c(C(C)N[C@H](C)c2cccc(Br)c2)cc1C. The summed E-state index contributed by atoms with van der Waals surface area (Å²) < 4.78 is 1.13. The molecule has 2 aromatic carbocycles. The van der Waals surface area contributed by atoms with Crippen LogP contribution < -0.4 is 5.32 Å². The molecule has 112 valence electrons. The fourth-order valence-electron chi connectivity index (χ4n) is 2.79. The molecular weight excluding hydrogens is 322 g/mol. The third-order valence-electron chi connectivity index (χ3n) is 4.20. The van der Waals surface area contributed by atoms with Gasteiger partial charge in [0.2, 0.25) is 0 Å². The molecule has 0 saturated carbocycles. The van der Waals surface area contributed by atoms with Crippen LogP contribution >= 0.6 is 15.9 Å². The van der Waals surface area contributed by atoms with Gasteiger partial charge in [-0.2, -0.15) is 0 Å². The predicted molar refractivity (Wildman–Crippen MR) is 94.8 cm³/mol. The molecule has 2 atom stereocenters. The first-order valence-corrected chi connectivity index (χ1v) is 8.27. The summed E-state index contributed by atoms with van der Waals surface area (Å²) in [6.45, 7) is 11.0. The van der Waals surface area contributed by atoms with Gasteiger partial charge in [0, 0.05) is 16.6 Å². The van der Waals surface area contributed by atoms with Gasteiger partial charge in [0.1, 0.15) is 0 Å². The third kappa shape index (κ3) is 3.96. The Bertz CT molecular complexity index is 633. The predicted octanol–water partition coefficient (Wildman–Crippen LogP) is 5.79. The maximum Gasteiger partial charge on any atom is 0.0300 e. The van der Waals surface area contributed by atoms with E-state index in [-0.39, 0.29) is 0 Å². The molecule has 0 aliphatic heterocycles. The highest BCUT2D eigenvalue weighted by Gasteiger charge is 2.14. The van der Waals surface area contributed by atoms with E-state index >= 15 is 0 Å². The fourth-order valence-corrected chi connectivity index (χ4v) is 3.20. The molecule has 0 aliphatic carbocycles. The highest BCUT2D eigenvalue weighted by molar-refractivity contribution is 9.10. The maximum absolute atomic E-state index is 3.71. The first-order chi connectivity index (χ1) is 9.88. The molecule has 0 heterocycles. The van der Waals surface area contributed by atoms with Crippen LogP contribution in [0.15, 0.2) is 40.9 Å². The van der Waals surface area contributed by atoms with E-state index < -0.39 is 0 Å². The van der Waals surface area contributed by atoms with Gasteiger partial charge < -0.3 is 5.32 Å². The van der Waals surface area contributed by atoms with Crippen molar-refractivity contribution in [1.29, 1.82) is 0 Å². The van der Waals surface area contributed by atoms with Gasteiger partial charge in [0.05, 0.1) is 0 Å². The summed E-state index contributed by atoms with van der Waals surface area (Å²) in [6.07, 6.45) is 0. The van der Waals surface area contributed by atoms with E-state index in [1.54, 1.807) is 0 Å². The topological polar surface area (TPSA) is 12.0 Å². The second-order valence-electron chi connectivity index (χ2n) is 5.96. The van der Waals surface area contributed by atoms with Gasteiger partial charge in [-0.05, 0) is 74.6 Å². The average molecular weight is 346 g/mol. The van der Waals surface area contributed by atoms with Gasteiger partial charge >= 0.3 is 0 Å². The number of benzene rings is 2. The summed E-state index contributed by atoms with van der Waals surface area (Å²) in [5.41, 5.74) is 6.78. The molecular formula is C19H24BrN. The molecule has 0 fully saturated rings. The second-order valence-corrected chi connectivity index (χ2v) is 6.87. The molecule has 2 aromatic rings. The Hall–Kier alpha value is -1.12. The van der Waals surface area contributed by atoms with Crippen LogP contribution in [0.3, 0.4) is 0 Å². The lowest BCUT2D eigenvalue weighted by Gasteiger charge is -2.23. The summed E-state index contributed by atoms with van der Waals surface area (Å²) >= 11 is 3.54. The van der Waals surface area contributed by atoms with Gasteiger partial charge in [-0.3, -0.25) is 0 Å². The van der Waals surface area contributed by atoms with Crippen LogP contribution in [0, 0.1) is 20.8 Å². The Morgan fingerprint density at radius 2 is 1.52 bits per heavy atom. The molecule has 0 bridgehead atoms. The first kappa shape index (κ1) is 16.3. The molecule has 1 nitrogen and oxygen atoms in total. The van der Waals surface area contributed by atoms with Crippen molar-refractivity contribution in [2.75, 3.05) is 0 Å². The van der Waals surface area contributed by atoms with Crippen LogP contribution in [-0.2, 0) is 0 Å². The van der Waals surface area contributed by atoms with Crippen LogP contribution in [0.2, 0.25) is 0 Å². The summed E-state index contributed by atoms with van der Waals surface area (Å²) in [7, 11) is 0. The van der Waals surface area contributed by atoms with Gasteiger partial charge in [0.25, 0.3) is 0 Å². The van der Waals surface area contributed by atoms with E-state index in [0.717, 1.165) is 4.47 Å². The minimum absolute atomic E-state index is 0.318. The van der Waals surface area contributed by atoms with Crippen LogP contribution in [0.4, 0.5) is 0 Å². The zero-order valence-electron chi connectivity index (χ0n) is 13.5. The van der Waals surface area contributed by atoms with Gasteiger partial charge in [-0.1, -0.05) is 40.2 Å². The fraction of sp³-hybridized carbons (Fsp3) is 0.368. The summed E-state index contributed by atoms with van der Waals surface area (Å²) in [6, 6.07) is 13.7. The molecule has 0 amide bonds. The zero-order valence-corrected chi connectivity index (χ0v) is 15.1. The smallest absolute Gasteiger partial charge is 0.0300 e. The van der Waals surface area contributed by atoms with Crippen LogP contribution in [-0.4, -0.2) is 0 Å². The van der Waals surface area contributed by atoms with E-state index in [2.05, 4.69) is 92.3 Å². The van der Waals surface area contributed by atoms with Gasteiger partial charge in [0.15, 0.2) is 0 Å². The quantitative estimate of drug-likeness (QED) is 0.739. The molecule has 2 rings (SSSR count). The lowest BCUT2D eigenvalue weighted by atomic mass is 9.95. The molecule has 0 aliphatic rings. The van der Waals surface area contributed by atoms with E-state index in [1.165, 1.54) is 27.8 Å². The minimum atomic E-state index is 0.318. The van der Waals surface area contributed by atoms with Gasteiger partial charge in [-0.15, -0.1) is 0 Å². The summed E-state index contributed by atoms with van der Waals surface area (Å²) in [5, 5.41) is 3.71. The van der Waals surface area contributed by atoms with Gasteiger partial charge in [-0.25, -0.2) is 0 Å². The second kappa shape index (κ2) is 6.76. The summed E-state index contributed by atoms with van der Waals surface area (Å²) in [4.78, 5) is 0. The van der Waals surface area contributed by atoms with Crippen molar-refractivity contribution >= 4 is 15.9 Å². The largest absolute Gasteiger partial charge is 0.304 e. The average Bonchev–Trinajstić information content (AvgIpc) is 2.42. The van der Waals surface area contributed by atoms with Crippen molar-refractivity contribution in [2.45, 2.75) is 46.7 Å². The van der Waals surface area contributed by atoms with Crippen molar-refractivity contribution < 1.29 is 0 Å². The maximum atomic E-state index is 3.71.